The predicted octanol–water partition coefficient (Wildman–Crippen LogP) is 1.58. The lowest BCUT2D eigenvalue weighted by Crippen LogP contribution is -2.29. The second-order valence-corrected chi connectivity index (χ2v) is 4.71. The van der Waals surface area contributed by atoms with Crippen LogP contribution in [-0.4, -0.2) is 31.6 Å². The molecular weight excluding hydrogens is 256 g/mol. The Morgan fingerprint density at radius 1 is 1.35 bits per heavy atom. The van der Waals surface area contributed by atoms with Gasteiger partial charge in [-0.2, -0.15) is 0 Å². The zero-order valence-electron chi connectivity index (χ0n) is 11.2. The Bertz CT molecular complexity index is 490. The Labute approximate surface area is 118 Å². The predicted molar refractivity (Wildman–Crippen MR) is 76.5 cm³/mol. The Morgan fingerprint density at radius 3 is 2.70 bits per heavy atom. The number of hydrogen-bond donors (Lipinski definition) is 2. The van der Waals surface area contributed by atoms with Gasteiger partial charge in [0, 0.05) is 30.3 Å². The second-order valence-electron chi connectivity index (χ2n) is 4.71. The van der Waals surface area contributed by atoms with Crippen LogP contribution in [-0.2, 0) is 9.53 Å². The molecule has 0 bridgehead atoms. The van der Waals surface area contributed by atoms with E-state index in [1.807, 2.05) is 0 Å². The van der Waals surface area contributed by atoms with Gasteiger partial charge in [0.15, 0.2) is 0 Å². The van der Waals surface area contributed by atoms with Crippen LogP contribution < -0.4 is 10.6 Å². The van der Waals surface area contributed by atoms with Gasteiger partial charge >= 0.3 is 0 Å². The molecule has 5 heteroatoms. The molecule has 2 amide bonds. The topological polar surface area (TPSA) is 67.4 Å². The summed E-state index contributed by atoms with van der Waals surface area (Å²) in [5, 5.41) is 5.52. The first-order valence-corrected chi connectivity index (χ1v) is 6.58. The largest absolute Gasteiger partial charge is 0.381 e. The quantitative estimate of drug-likeness (QED) is 0.801. The van der Waals surface area contributed by atoms with Gasteiger partial charge in [0.25, 0.3) is 5.91 Å². The minimum Gasteiger partial charge on any atom is -0.381 e. The maximum Gasteiger partial charge on any atom is 0.251 e. The molecule has 1 aromatic carbocycles. The average Bonchev–Trinajstić information content (AvgIpc) is 2.98. The van der Waals surface area contributed by atoms with Crippen molar-refractivity contribution in [1.82, 2.24) is 5.32 Å². The van der Waals surface area contributed by atoms with Crippen LogP contribution in [0.2, 0.25) is 0 Å². The summed E-state index contributed by atoms with van der Waals surface area (Å²) in [7, 11) is 0. The van der Waals surface area contributed by atoms with Crippen LogP contribution in [0, 0.1) is 5.92 Å². The molecule has 0 radical (unpaired) electrons. The first kappa shape index (κ1) is 14.3. The van der Waals surface area contributed by atoms with Crippen molar-refractivity contribution in [3.05, 3.63) is 42.5 Å². The lowest BCUT2D eigenvalue weighted by atomic mass is 10.1. The van der Waals surface area contributed by atoms with Crippen LogP contribution in [0.5, 0.6) is 0 Å². The van der Waals surface area contributed by atoms with Crippen LogP contribution in [0.4, 0.5) is 5.69 Å². The summed E-state index contributed by atoms with van der Waals surface area (Å²) in [6.45, 7) is 5.50. The van der Waals surface area contributed by atoms with Crippen molar-refractivity contribution in [3.63, 3.8) is 0 Å². The molecule has 1 heterocycles. The molecule has 2 rings (SSSR count). The van der Waals surface area contributed by atoms with E-state index in [-0.39, 0.29) is 11.8 Å². The van der Waals surface area contributed by atoms with Crippen molar-refractivity contribution in [1.29, 1.82) is 0 Å². The van der Waals surface area contributed by atoms with E-state index in [0.29, 0.717) is 30.3 Å². The molecule has 0 aliphatic carbocycles. The number of carbonyl (C=O) groups is 2. The molecule has 0 aromatic heterocycles. The van der Waals surface area contributed by atoms with Crippen molar-refractivity contribution in [2.75, 3.05) is 25.1 Å². The lowest BCUT2D eigenvalue weighted by molar-refractivity contribution is -0.111. The summed E-state index contributed by atoms with van der Waals surface area (Å²) in [6, 6.07) is 6.74. The highest BCUT2D eigenvalue weighted by atomic mass is 16.5. The van der Waals surface area contributed by atoms with Crippen LogP contribution in [0.15, 0.2) is 36.9 Å². The molecule has 20 heavy (non-hydrogen) atoms. The van der Waals surface area contributed by atoms with E-state index in [1.165, 1.54) is 6.08 Å². The van der Waals surface area contributed by atoms with Gasteiger partial charge in [-0.1, -0.05) is 6.58 Å². The first-order chi connectivity index (χ1) is 9.69. The van der Waals surface area contributed by atoms with Gasteiger partial charge in [-0.25, -0.2) is 0 Å². The fourth-order valence-electron chi connectivity index (χ4n) is 1.98. The number of rotatable bonds is 5. The third kappa shape index (κ3) is 3.93. The number of amides is 2. The summed E-state index contributed by atoms with van der Waals surface area (Å²) in [5.74, 6) is 0.0204. The molecular formula is C15H18N2O3. The number of carbonyl (C=O) groups excluding carboxylic acids is 2. The van der Waals surface area contributed by atoms with Gasteiger partial charge in [-0.05, 0) is 36.8 Å². The number of anilines is 1. The summed E-state index contributed by atoms with van der Waals surface area (Å²) in [6.07, 6.45) is 2.19. The van der Waals surface area contributed by atoms with E-state index in [0.717, 1.165) is 13.0 Å². The first-order valence-electron chi connectivity index (χ1n) is 6.58. The molecule has 106 valence electrons. The normalized spacial score (nSPS) is 17.5. The number of ether oxygens (including phenoxy) is 1. The Morgan fingerprint density at radius 2 is 2.10 bits per heavy atom. The molecule has 0 spiro atoms. The lowest BCUT2D eigenvalue weighted by Gasteiger charge is -2.10. The Kier molecular flexibility index (Phi) is 4.90. The number of nitrogens with one attached hydrogen (secondary N) is 2. The maximum absolute atomic E-state index is 11.9. The van der Waals surface area contributed by atoms with Crippen LogP contribution in [0.3, 0.4) is 0 Å². The zero-order valence-corrected chi connectivity index (χ0v) is 11.2. The van der Waals surface area contributed by atoms with E-state index >= 15 is 0 Å². The second kappa shape index (κ2) is 6.86. The van der Waals surface area contributed by atoms with Crippen molar-refractivity contribution < 1.29 is 14.3 Å². The van der Waals surface area contributed by atoms with E-state index < -0.39 is 0 Å². The van der Waals surface area contributed by atoms with Crippen LogP contribution in [0.25, 0.3) is 0 Å². The molecule has 1 aliphatic heterocycles. The van der Waals surface area contributed by atoms with Gasteiger partial charge in [0.05, 0.1) is 6.61 Å². The molecule has 1 saturated heterocycles. The SMILES string of the molecule is C=CC(=O)Nc1ccc(C(=O)NCC2CCOC2)cc1. The summed E-state index contributed by atoms with van der Waals surface area (Å²) < 4.78 is 5.26. The standard InChI is InChI=1S/C15H18N2O3/c1-2-14(18)17-13-5-3-12(4-6-13)15(19)16-9-11-7-8-20-10-11/h2-6,11H,1,7-10H2,(H,16,19)(H,17,18). The van der Waals surface area contributed by atoms with Gasteiger partial charge in [-0.15, -0.1) is 0 Å². The minimum atomic E-state index is -0.275. The Hall–Kier alpha value is -2.14. The molecule has 2 N–H and O–H groups in total. The van der Waals surface area contributed by atoms with E-state index in [9.17, 15) is 9.59 Å². The maximum atomic E-state index is 11.9. The highest BCUT2D eigenvalue weighted by Gasteiger charge is 2.16. The smallest absolute Gasteiger partial charge is 0.251 e. The zero-order chi connectivity index (χ0) is 14.4. The fraction of sp³-hybridized carbons (Fsp3) is 0.333. The van der Waals surface area contributed by atoms with Crippen LogP contribution in [0.1, 0.15) is 16.8 Å². The summed E-state index contributed by atoms with van der Waals surface area (Å²) in [5.41, 5.74) is 1.20. The van der Waals surface area contributed by atoms with E-state index in [1.54, 1.807) is 24.3 Å². The molecule has 1 fully saturated rings. The molecule has 1 atom stereocenters. The van der Waals surface area contributed by atoms with Gasteiger partial charge in [0.2, 0.25) is 5.91 Å². The number of hydrogen-bond acceptors (Lipinski definition) is 3. The molecule has 5 nitrogen and oxygen atoms in total. The minimum absolute atomic E-state index is 0.113. The van der Waals surface area contributed by atoms with E-state index in [2.05, 4.69) is 17.2 Å². The van der Waals surface area contributed by atoms with E-state index in [4.69, 9.17) is 4.74 Å². The van der Waals surface area contributed by atoms with Crippen molar-refractivity contribution >= 4 is 17.5 Å². The number of benzene rings is 1. The van der Waals surface area contributed by atoms with Crippen molar-refractivity contribution in [2.24, 2.45) is 5.92 Å². The third-order valence-electron chi connectivity index (χ3n) is 3.18. The fourth-order valence-corrected chi connectivity index (χ4v) is 1.98. The molecule has 1 unspecified atom stereocenters. The highest BCUT2D eigenvalue weighted by molar-refractivity contribution is 5.99. The third-order valence-corrected chi connectivity index (χ3v) is 3.18. The summed E-state index contributed by atoms with van der Waals surface area (Å²) >= 11 is 0. The molecule has 1 aliphatic rings. The summed E-state index contributed by atoms with van der Waals surface area (Å²) in [4.78, 5) is 23.1. The van der Waals surface area contributed by atoms with Crippen molar-refractivity contribution in [3.8, 4) is 0 Å². The highest BCUT2D eigenvalue weighted by Crippen LogP contribution is 2.12. The van der Waals surface area contributed by atoms with Gasteiger partial charge < -0.3 is 15.4 Å². The van der Waals surface area contributed by atoms with Gasteiger partial charge in [-0.3, -0.25) is 9.59 Å². The van der Waals surface area contributed by atoms with Crippen LogP contribution >= 0.6 is 0 Å². The average molecular weight is 274 g/mol. The molecule has 1 aromatic rings. The van der Waals surface area contributed by atoms with Crippen molar-refractivity contribution in [2.45, 2.75) is 6.42 Å². The molecule has 0 saturated carbocycles. The van der Waals surface area contributed by atoms with Gasteiger partial charge in [0.1, 0.15) is 0 Å². The Balaban J connectivity index is 1.86. The monoisotopic (exact) mass is 274 g/mol.